The summed E-state index contributed by atoms with van der Waals surface area (Å²) in [6.45, 7) is 1.80. The van der Waals surface area contributed by atoms with Crippen molar-refractivity contribution < 1.29 is 17.9 Å². The molecule has 2 aliphatic rings. The van der Waals surface area contributed by atoms with Crippen LogP contribution in [0.2, 0.25) is 5.02 Å². The van der Waals surface area contributed by atoms with E-state index in [2.05, 4.69) is 9.71 Å². The molecule has 0 radical (unpaired) electrons. The number of hydrogen-bond acceptors (Lipinski definition) is 5. The van der Waals surface area contributed by atoms with Crippen LogP contribution in [0.3, 0.4) is 0 Å². The number of ether oxygens (including phenoxy) is 2. The predicted octanol–water partition coefficient (Wildman–Crippen LogP) is 2.91. The lowest BCUT2D eigenvalue weighted by Crippen LogP contribution is -2.13. The maximum absolute atomic E-state index is 12.7. The molecule has 1 saturated carbocycles. The molecule has 4 rings (SSSR count). The number of sulfonamides is 1. The summed E-state index contributed by atoms with van der Waals surface area (Å²) in [6.07, 6.45) is 6.48. The SMILES string of the molecule is O=S(=O)(Nc1cn(CC2CC2)cn1)c1cc(Cl)c2c(c1)OCCCO2. The first-order valence-corrected chi connectivity index (χ1v) is 10.0. The molecule has 25 heavy (non-hydrogen) atoms. The van der Waals surface area contributed by atoms with Gasteiger partial charge in [0.25, 0.3) is 10.0 Å². The third-order valence-electron chi connectivity index (χ3n) is 4.12. The standard InChI is InChI=1S/C16H18ClN3O4S/c17-13-6-12(7-14-16(13)24-5-1-4-23-14)25(21,22)19-15-9-20(10-18-15)8-11-2-3-11/h6-7,9-11,19H,1-5,8H2. The number of halogens is 1. The first-order valence-electron chi connectivity index (χ1n) is 8.15. The summed E-state index contributed by atoms with van der Waals surface area (Å²) >= 11 is 6.18. The smallest absolute Gasteiger partial charge is 0.263 e. The maximum Gasteiger partial charge on any atom is 0.263 e. The van der Waals surface area contributed by atoms with Crippen LogP contribution in [0, 0.1) is 5.92 Å². The number of nitrogens with zero attached hydrogens (tertiary/aromatic N) is 2. The highest BCUT2D eigenvalue weighted by molar-refractivity contribution is 7.92. The third kappa shape index (κ3) is 3.69. The molecule has 0 bridgehead atoms. The highest BCUT2D eigenvalue weighted by Crippen LogP contribution is 2.39. The van der Waals surface area contributed by atoms with Crippen molar-refractivity contribution in [1.82, 2.24) is 9.55 Å². The second-order valence-corrected chi connectivity index (χ2v) is 8.38. The molecule has 2 heterocycles. The fourth-order valence-corrected chi connectivity index (χ4v) is 4.03. The summed E-state index contributed by atoms with van der Waals surface area (Å²) in [5.74, 6) is 1.68. The Kier molecular flexibility index (Phi) is 4.24. The van der Waals surface area contributed by atoms with Gasteiger partial charge in [-0.05, 0) is 24.8 Å². The van der Waals surface area contributed by atoms with Gasteiger partial charge in [0.15, 0.2) is 17.3 Å². The number of nitrogens with one attached hydrogen (secondary N) is 1. The zero-order valence-electron chi connectivity index (χ0n) is 13.4. The van der Waals surface area contributed by atoms with Crippen molar-refractivity contribution in [3.63, 3.8) is 0 Å². The quantitative estimate of drug-likeness (QED) is 0.858. The van der Waals surface area contributed by atoms with Crippen molar-refractivity contribution in [2.75, 3.05) is 17.9 Å². The summed E-state index contributed by atoms with van der Waals surface area (Å²) in [5.41, 5.74) is 0. The molecule has 0 atom stereocenters. The van der Waals surface area contributed by atoms with Crippen LogP contribution < -0.4 is 14.2 Å². The number of fused-ring (bicyclic) bond motifs is 1. The van der Waals surface area contributed by atoms with Gasteiger partial charge in [-0.3, -0.25) is 4.72 Å². The predicted molar refractivity (Wildman–Crippen MR) is 92.8 cm³/mol. The van der Waals surface area contributed by atoms with Crippen molar-refractivity contribution in [2.45, 2.75) is 30.7 Å². The van der Waals surface area contributed by atoms with E-state index in [1.165, 1.54) is 25.0 Å². The van der Waals surface area contributed by atoms with Gasteiger partial charge in [-0.1, -0.05) is 11.6 Å². The van der Waals surface area contributed by atoms with Crippen LogP contribution in [0.4, 0.5) is 5.82 Å². The van der Waals surface area contributed by atoms with Crippen LogP contribution in [0.1, 0.15) is 19.3 Å². The Morgan fingerprint density at radius 1 is 1.28 bits per heavy atom. The van der Waals surface area contributed by atoms with Gasteiger partial charge in [0.05, 0.1) is 29.5 Å². The number of rotatable bonds is 5. The highest BCUT2D eigenvalue weighted by Gasteiger charge is 2.24. The molecule has 2 aromatic rings. The molecule has 0 unspecified atom stereocenters. The Hall–Kier alpha value is -1.93. The average Bonchev–Trinajstić information content (AvgIpc) is 3.31. The van der Waals surface area contributed by atoms with Gasteiger partial charge in [0, 0.05) is 25.2 Å². The lowest BCUT2D eigenvalue weighted by Gasteiger charge is -2.12. The van der Waals surface area contributed by atoms with E-state index in [1.54, 1.807) is 12.5 Å². The van der Waals surface area contributed by atoms with Gasteiger partial charge in [-0.15, -0.1) is 0 Å². The van der Waals surface area contributed by atoms with Crippen molar-refractivity contribution >= 4 is 27.4 Å². The van der Waals surface area contributed by atoms with Gasteiger partial charge in [-0.2, -0.15) is 0 Å². The second-order valence-electron chi connectivity index (χ2n) is 6.29. The second kappa shape index (κ2) is 6.42. The molecule has 9 heteroatoms. The molecule has 7 nitrogen and oxygen atoms in total. The fourth-order valence-electron chi connectivity index (χ4n) is 2.67. The number of anilines is 1. The molecule has 0 spiro atoms. The van der Waals surface area contributed by atoms with E-state index < -0.39 is 10.0 Å². The number of aromatic nitrogens is 2. The molecular formula is C16H18ClN3O4S. The van der Waals surface area contributed by atoms with E-state index in [1.807, 2.05) is 4.57 Å². The van der Waals surface area contributed by atoms with E-state index in [9.17, 15) is 8.42 Å². The fraction of sp³-hybridized carbons (Fsp3) is 0.438. The zero-order chi connectivity index (χ0) is 17.4. The number of hydrogen-bond donors (Lipinski definition) is 1. The normalized spacial score (nSPS) is 17.2. The molecule has 1 aromatic carbocycles. The monoisotopic (exact) mass is 383 g/mol. The minimum absolute atomic E-state index is 0.0125. The summed E-state index contributed by atoms with van der Waals surface area (Å²) < 4.78 is 40.8. The molecule has 0 amide bonds. The zero-order valence-corrected chi connectivity index (χ0v) is 15.0. The van der Waals surface area contributed by atoms with Crippen molar-refractivity contribution in [1.29, 1.82) is 0 Å². The molecule has 1 aliphatic heterocycles. The number of imidazole rings is 1. The van der Waals surface area contributed by atoms with Crippen LogP contribution in [0.5, 0.6) is 11.5 Å². The summed E-state index contributed by atoms with van der Waals surface area (Å²) in [6, 6.07) is 2.79. The molecule has 1 fully saturated rings. The van der Waals surface area contributed by atoms with E-state index in [4.69, 9.17) is 21.1 Å². The van der Waals surface area contributed by atoms with Gasteiger partial charge in [0.2, 0.25) is 0 Å². The molecule has 1 aromatic heterocycles. The summed E-state index contributed by atoms with van der Waals surface area (Å²) in [4.78, 5) is 4.13. The Morgan fingerprint density at radius 2 is 2.08 bits per heavy atom. The van der Waals surface area contributed by atoms with E-state index in [0.29, 0.717) is 37.1 Å². The van der Waals surface area contributed by atoms with Crippen LogP contribution >= 0.6 is 11.6 Å². The minimum Gasteiger partial charge on any atom is -0.489 e. The molecule has 134 valence electrons. The Labute approximate surface area is 151 Å². The molecule has 1 aliphatic carbocycles. The Balaban J connectivity index is 1.58. The number of benzene rings is 1. The Bertz CT molecular complexity index is 893. The first kappa shape index (κ1) is 16.5. The van der Waals surface area contributed by atoms with Crippen molar-refractivity contribution in [2.24, 2.45) is 5.92 Å². The highest BCUT2D eigenvalue weighted by atomic mass is 35.5. The lowest BCUT2D eigenvalue weighted by molar-refractivity contribution is 0.297. The largest absolute Gasteiger partial charge is 0.489 e. The summed E-state index contributed by atoms with van der Waals surface area (Å²) in [5, 5.41) is 0.207. The van der Waals surface area contributed by atoms with E-state index in [-0.39, 0.29) is 15.7 Å². The third-order valence-corrected chi connectivity index (χ3v) is 5.74. The Morgan fingerprint density at radius 3 is 2.88 bits per heavy atom. The first-order chi connectivity index (χ1) is 12.0. The summed E-state index contributed by atoms with van der Waals surface area (Å²) in [7, 11) is -3.83. The lowest BCUT2D eigenvalue weighted by atomic mass is 10.3. The van der Waals surface area contributed by atoms with Gasteiger partial charge in [-0.25, -0.2) is 13.4 Å². The van der Waals surface area contributed by atoms with Crippen LogP contribution in [-0.2, 0) is 16.6 Å². The van der Waals surface area contributed by atoms with Crippen LogP contribution in [0.25, 0.3) is 0 Å². The minimum atomic E-state index is -3.83. The molecule has 0 saturated heterocycles. The van der Waals surface area contributed by atoms with E-state index >= 15 is 0 Å². The van der Waals surface area contributed by atoms with Gasteiger partial charge < -0.3 is 14.0 Å². The van der Waals surface area contributed by atoms with E-state index in [0.717, 1.165) is 6.54 Å². The van der Waals surface area contributed by atoms with Crippen LogP contribution in [-0.4, -0.2) is 31.2 Å². The van der Waals surface area contributed by atoms with Crippen molar-refractivity contribution in [3.05, 3.63) is 29.7 Å². The molecular weight excluding hydrogens is 366 g/mol. The topological polar surface area (TPSA) is 82.5 Å². The van der Waals surface area contributed by atoms with Gasteiger partial charge >= 0.3 is 0 Å². The van der Waals surface area contributed by atoms with Crippen molar-refractivity contribution in [3.8, 4) is 11.5 Å². The van der Waals surface area contributed by atoms with Crippen LogP contribution in [0.15, 0.2) is 29.6 Å². The molecule has 1 N–H and O–H groups in total. The maximum atomic E-state index is 12.7. The average molecular weight is 384 g/mol. The van der Waals surface area contributed by atoms with Gasteiger partial charge in [0.1, 0.15) is 0 Å².